The van der Waals surface area contributed by atoms with E-state index in [-0.39, 0.29) is 0 Å². The first-order valence-electron chi connectivity index (χ1n) is 14.3. The van der Waals surface area contributed by atoms with Gasteiger partial charge in [-0.25, -0.2) is 0 Å². The van der Waals surface area contributed by atoms with Gasteiger partial charge in [-0.1, -0.05) is 128 Å². The molecular weight excluding hydrogens is 448 g/mol. The molecular formula is C35H46N2. The number of nitrogens with zero attached hydrogens (tertiary/aromatic N) is 2. The molecule has 2 heterocycles. The molecule has 0 saturated carbocycles. The summed E-state index contributed by atoms with van der Waals surface area (Å²) in [5.41, 5.74) is 5.32. The lowest BCUT2D eigenvalue weighted by Gasteiger charge is -2.10. The van der Waals surface area contributed by atoms with Crippen molar-refractivity contribution in [3.8, 4) is 0 Å². The number of hydrogen-bond donors (Lipinski definition) is 0. The molecule has 6 rings (SSSR count). The molecule has 0 aliphatic heterocycles. The summed E-state index contributed by atoms with van der Waals surface area (Å²) in [6, 6.07) is 35.1. The Kier molecular flexibility index (Phi) is 12.5. The Bertz CT molecular complexity index is 1260. The quantitative estimate of drug-likeness (QED) is 0.231. The van der Waals surface area contributed by atoms with Crippen LogP contribution in [0.5, 0.6) is 0 Å². The molecule has 4 aromatic carbocycles. The average molecular weight is 495 g/mol. The van der Waals surface area contributed by atoms with Crippen LogP contribution in [0.3, 0.4) is 0 Å². The first kappa shape index (κ1) is 29.7. The molecule has 0 spiro atoms. The van der Waals surface area contributed by atoms with Gasteiger partial charge < -0.3 is 9.13 Å². The Labute approximate surface area is 224 Å². The van der Waals surface area contributed by atoms with Crippen LogP contribution in [0.1, 0.15) is 61.8 Å². The summed E-state index contributed by atoms with van der Waals surface area (Å²) in [6.07, 6.45) is 1.09. The maximum atomic E-state index is 2.48. The minimum absolute atomic E-state index is 1.01. The van der Waals surface area contributed by atoms with Crippen LogP contribution in [0.15, 0.2) is 97.1 Å². The van der Waals surface area contributed by atoms with Crippen LogP contribution in [0.4, 0.5) is 0 Å². The van der Waals surface area contributed by atoms with Crippen LogP contribution in [0, 0.1) is 0 Å². The zero-order valence-corrected chi connectivity index (χ0v) is 24.3. The Morgan fingerprint density at radius 1 is 0.351 bits per heavy atom. The summed E-state index contributed by atoms with van der Waals surface area (Å²) in [6.45, 7) is 18.0. The highest BCUT2D eigenvalue weighted by atomic mass is 15.0. The highest BCUT2D eigenvalue weighted by molar-refractivity contribution is 6.08. The van der Waals surface area contributed by atoms with E-state index in [0.717, 1.165) is 19.5 Å². The summed E-state index contributed by atoms with van der Waals surface area (Å²) in [4.78, 5) is 0. The number of aromatic nitrogens is 2. The zero-order chi connectivity index (χ0) is 27.2. The summed E-state index contributed by atoms with van der Waals surface area (Å²) in [7, 11) is 0. The van der Waals surface area contributed by atoms with E-state index in [1.807, 2.05) is 55.4 Å². The van der Waals surface area contributed by atoms with Gasteiger partial charge in [-0.15, -0.1) is 0 Å². The van der Waals surface area contributed by atoms with Crippen LogP contribution in [-0.2, 0) is 13.1 Å². The van der Waals surface area contributed by atoms with Crippen molar-refractivity contribution in [1.82, 2.24) is 9.13 Å². The van der Waals surface area contributed by atoms with E-state index in [1.54, 1.807) is 0 Å². The molecule has 0 unspecified atom stereocenters. The van der Waals surface area contributed by atoms with Crippen molar-refractivity contribution in [2.45, 2.75) is 74.9 Å². The zero-order valence-electron chi connectivity index (χ0n) is 24.3. The summed E-state index contributed by atoms with van der Waals surface area (Å²) >= 11 is 0. The van der Waals surface area contributed by atoms with Gasteiger partial charge in [-0.2, -0.15) is 0 Å². The molecule has 0 radical (unpaired) electrons. The lowest BCUT2D eigenvalue weighted by Crippen LogP contribution is -2.04. The molecule has 0 amide bonds. The molecule has 2 heteroatoms. The normalized spacial score (nSPS) is 9.95. The van der Waals surface area contributed by atoms with Crippen LogP contribution >= 0.6 is 0 Å². The Morgan fingerprint density at radius 3 is 0.811 bits per heavy atom. The molecule has 6 aromatic rings. The number of hydrogen-bond acceptors (Lipinski definition) is 0. The molecule has 0 saturated heterocycles. The smallest absolute Gasteiger partial charge is 0.0491 e. The first-order valence-corrected chi connectivity index (χ1v) is 14.3. The highest BCUT2D eigenvalue weighted by Crippen LogP contribution is 2.31. The van der Waals surface area contributed by atoms with E-state index < -0.39 is 0 Å². The summed E-state index contributed by atoms with van der Waals surface area (Å²) < 4.78 is 4.97. The van der Waals surface area contributed by atoms with Gasteiger partial charge in [0.15, 0.2) is 0 Å². The number of aryl methyl sites for hydroxylation is 2. The van der Waals surface area contributed by atoms with Gasteiger partial charge in [-0.05, 0) is 30.7 Å². The van der Waals surface area contributed by atoms with E-state index >= 15 is 0 Å². The van der Waals surface area contributed by atoms with Gasteiger partial charge in [0, 0.05) is 56.7 Å². The summed E-state index contributed by atoms with van der Waals surface area (Å²) in [5, 5.41) is 5.39. The molecule has 196 valence electrons. The Hall–Kier alpha value is -3.52. The highest BCUT2D eigenvalue weighted by Gasteiger charge is 2.11. The van der Waals surface area contributed by atoms with Gasteiger partial charge in [0.25, 0.3) is 0 Å². The maximum absolute atomic E-state index is 2.48. The molecule has 0 aliphatic rings. The largest absolute Gasteiger partial charge is 0.340 e. The van der Waals surface area contributed by atoms with Crippen LogP contribution in [0.25, 0.3) is 43.6 Å². The van der Waals surface area contributed by atoms with E-state index in [9.17, 15) is 0 Å². The van der Waals surface area contributed by atoms with Crippen molar-refractivity contribution in [3.05, 3.63) is 97.1 Å². The van der Waals surface area contributed by atoms with Crippen molar-refractivity contribution >= 4 is 43.6 Å². The van der Waals surface area contributed by atoms with Crippen LogP contribution < -0.4 is 0 Å². The van der Waals surface area contributed by atoms with Crippen LogP contribution in [-0.4, -0.2) is 9.13 Å². The van der Waals surface area contributed by atoms with Gasteiger partial charge in [0.1, 0.15) is 0 Å². The third-order valence-corrected chi connectivity index (χ3v) is 6.12. The Balaban J connectivity index is 0.000000553. The van der Waals surface area contributed by atoms with Crippen molar-refractivity contribution in [2.24, 2.45) is 0 Å². The van der Waals surface area contributed by atoms with Crippen LogP contribution in [0.2, 0.25) is 0 Å². The lowest BCUT2D eigenvalue weighted by atomic mass is 10.2. The van der Waals surface area contributed by atoms with Crippen molar-refractivity contribution < 1.29 is 0 Å². The molecule has 37 heavy (non-hydrogen) atoms. The topological polar surface area (TPSA) is 9.86 Å². The predicted molar refractivity (Wildman–Crippen MR) is 169 cm³/mol. The minimum Gasteiger partial charge on any atom is -0.340 e. The molecule has 0 fully saturated rings. The third-order valence-electron chi connectivity index (χ3n) is 6.12. The number of benzene rings is 4. The average Bonchev–Trinajstić information content (AvgIpc) is 3.50. The van der Waals surface area contributed by atoms with E-state index in [0.29, 0.717) is 0 Å². The predicted octanol–water partition coefficient (Wildman–Crippen LogP) is 11.1. The van der Waals surface area contributed by atoms with E-state index in [1.165, 1.54) is 43.6 Å². The van der Waals surface area contributed by atoms with E-state index in [2.05, 4.69) is 106 Å². The fourth-order valence-electron chi connectivity index (χ4n) is 4.88. The maximum Gasteiger partial charge on any atom is 0.0491 e. The van der Waals surface area contributed by atoms with Gasteiger partial charge in [0.05, 0.1) is 0 Å². The minimum atomic E-state index is 1.01. The van der Waals surface area contributed by atoms with Gasteiger partial charge >= 0.3 is 0 Å². The van der Waals surface area contributed by atoms with Crippen molar-refractivity contribution in [3.63, 3.8) is 0 Å². The summed E-state index contributed by atoms with van der Waals surface area (Å²) in [5.74, 6) is 0. The molecule has 0 atom stereocenters. The second kappa shape index (κ2) is 15.6. The van der Waals surface area contributed by atoms with Gasteiger partial charge in [-0.3, -0.25) is 0 Å². The number of fused-ring (bicyclic) bond motifs is 6. The SMILES string of the molecule is CC.CC.CC.CC.c1ccc2c(c1)c1ccccc1n2CCCn1c2ccccc2c2ccccc21. The number of para-hydroxylation sites is 4. The van der Waals surface area contributed by atoms with Gasteiger partial charge in [0.2, 0.25) is 0 Å². The van der Waals surface area contributed by atoms with Crippen molar-refractivity contribution in [1.29, 1.82) is 0 Å². The fraction of sp³-hybridized carbons (Fsp3) is 0.314. The van der Waals surface area contributed by atoms with Crippen molar-refractivity contribution in [2.75, 3.05) is 0 Å². The monoisotopic (exact) mass is 494 g/mol. The second-order valence-electron chi connectivity index (χ2n) is 7.73. The third kappa shape index (κ3) is 6.07. The lowest BCUT2D eigenvalue weighted by molar-refractivity contribution is 0.603. The molecule has 0 bridgehead atoms. The fourth-order valence-corrected chi connectivity index (χ4v) is 4.88. The number of rotatable bonds is 4. The molecule has 0 N–H and O–H groups in total. The molecule has 0 aliphatic carbocycles. The molecule has 2 nitrogen and oxygen atoms in total. The Morgan fingerprint density at radius 2 is 0.568 bits per heavy atom. The van der Waals surface area contributed by atoms with E-state index in [4.69, 9.17) is 0 Å². The second-order valence-corrected chi connectivity index (χ2v) is 7.73. The first-order chi connectivity index (χ1) is 18.4. The molecule has 2 aromatic heterocycles. The standard InChI is InChI=1S/C27H22N2.4C2H6/c1-5-14-24-20(10-1)21-11-2-6-15-25(21)28(24)18-9-19-29-26-16-7-3-12-22(26)23-13-4-8-17-27(23)29;4*1-2/h1-8,10-17H,9,18-19H2;4*1-2H3.